The number of hydrogen-bond donors (Lipinski definition) is 3. The molecule has 1 aromatic rings. The normalized spacial score (nSPS) is 12.1. The molecule has 1 aromatic carbocycles. The van der Waals surface area contributed by atoms with Crippen LogP contribution in [0.2, 0.25) is 0 Å². The maximum absolute atomic E-state index is 11.8. The van der Waals surface area contributed by atoms with Crippen LogP contribution in [0.15, 0.2) is 22.7 Å². The number of amides is 2. The van der Waals surface area contributed by atoms with Gasteiger partial charge in [0.1, 0.15) is 0 Å². The van der Waals surface area contributed by atoms with Crippen molar-refractivity contribution in [2.45, 2.75) is 13.0 Å². The van der Waals surface area contributed by atoms with Crippen molar-refractivity contribution in [3.05, 3.63) is 28.2 Å². The Bertz CT molecular complexity index is 506. The molecule has 1 unspecified atom stereocenters. The Hall–Kier alpha value is -1.60. The number of halogens is 1. The lowest BCUT2D eigenvalue weighted by Gasteiger charge is -2.18. The topological polar surface area (TPSA) is 81.7 Å². The summed E-state index contributed by atoms with van der Waals surface area (Å²) < 4.78 is 0.592. The summed E-state index contributed by atoms with van der Waals surface area (Å²) in [5.41, 5.74) is 0.530. The number of rotatable bonds is 5. The van der Waals surface area contributed by atoms with Gasteiger partial charge in [-0.05, 0) is 39.2 Å². The van der Waals surface area contributed by atoms with Gasteiger partial charge in [0.15, 0.2) is 0 Å². The largest absolute Gasteiger partial charge is 0.478 e. The first-order chi connectivity index (χ1) is 9.27. The number of benzene rings is 1. The summed E-state index contributed by atoms with van der Waals surface area (Å²) in [4.78, 5) is 24.7. The van der Waals surface area contributed by atoms with E-state index in [4.69, 9.17) is 5.11 Å². The molecule has 6 nitrogen and oxygen atoms in total. The van der Waals surface area contributed by atoms with E-state index in [1.807, 2.05) is 25.9 Å². The van der Waals surface area contributed by atoms with Crippen LogP contribution in [0.3, 0.4) is 0 Å². The van der Waals surface area contributed by atoms with Crippen LogP contribution in [0.25, 0.3) is 0 Å². The molecule has 0 spiro atoms. The maximum atomic E-state index is 11.8. The summed E-state index contributed by atoms with van der Waals surface area (Å²) in [6.07, 6.45) is 0. The third-order valence-electron chi connectivity index (χ3n) is 2.42. The van der Waals surface area contributed by atoms with Gasteiger partial charge in [-0.2, -0.15) is 0 Å². The summed E-state index contributed by atoms with van der Waals surface area (Å²) >= 11 is 3.21. The van der Waals surface area contributed by atoms with Crippen molar-refractivity contribution in [2.75, 3.05) is 26.0 Å². The van der Waals surface area contributed by atoms with Crippen LogP contribution in [0.5, 0.6) is 0 Å². The van der Waals surface area contributed by atoms with Crippen molar-refractivity contribution in [1.82, 2.24) is 10.2 Å². The highest BCUT2D eigenvalue weighted by Crippen LogP contribution is 2.19. The van der Waals surface area contributed by atoms with Crippen LogP contribution in [0.1, 0.15) is 17.3 Å². The number of nitrogens with zero attached hydrogens (tertiary/aromatic N) is 1. The highest BCUT2D eigenvalue weighted by atomic mass is 79.9. The average molecular weight is 344 g/mol. The molecular formula is C13H18BrN3O3. The minimum Gasteiger partial charge on any atom is -0.478 e. The molecule has 0 radical (unpaired) electrons. The number of anilines is 1. The number of carbonyl (C=O) groups excluding carboxylic acids is 1. The molecule has 0 aliphatic heterocycles. The highest BCUT2D eigenvalue weighted by molar-refractivity contribution is 9.10. The molecule has 0 saturated carbocycles. The number of nitrogens with one attached hydrogen (secondary N) is 2. The number of hydrogen-bond acceptors (Lipinski definition) is 3. The van der Waals surface area contributed by atoms with Crippen molar-refractivity contribution in [2.24, 2.45) is 0 Å². The monoisotopic (exact) mass is 343 g/mol. The van der Waals surface area contributed by atoms with Gasteiger partial charge >= 0.3 is 12.0 Å². The molecular weight excluding hydrogens is 326 g/mol. The summed E-state index contributed by atoms with van der Waals surface area (Å²) in [6, 6.07) is 4.14. The Morgan fingerprint density at radius 3 is 2.55 bits per heavy atom. The first kappa shape index (κ1) is 16.5. The van der Waals surface area contributed by atoms with E-state index in [-0.39, 0.29) is 17.6 Å². The van der Waals surface area contributed by atoms with Crippen LogP contribution in [-0.2, 0) is 0 Å². The average Bonchev–Trinajstić information content (AvgIpc) is 2.25. The van der Waals surface area contributed by atoms with E-state index in [0.717, 1.165) is 0 Å². The highest BCUT2D eigenvalue weighted by Gasteiger charge is 2.10. The zero-order chi connectivity index (χ0) is 15.3. The van der Waals surface area contributed by atoms with Gasteiger partial charge in [0.25, 0.3) is 0 Å². The lowest BCUT2D eigenvalue weighted by molar-refractivity contribution is 0.0697. The molecule has 20 heavy (non-hydrogen) atoms. The standard InChI is InChI=1S/C13H18BrN3O3/c1-8(7-17(2)3)15-13(20)16-11-5-9(12(18)19)4-10(14)6-11/h4-6,8H,7H2,1-3H3,(H,18,19)(H2,15,16,20). The maximum Gasteiger partial charge on any atom is 0.335 e. The number of likely N-dealkylation sites (N-methyl/N-ethyl adjacent to an activating group) is 1. The minimum atomic E-state index is -1.05. The van der Waals surface area contributed by atoms with E-state index in [2.05, 4.69) is 26.6 Å². The second-order valence-corrected chi connectivity index (χ2v) is 5.71. The molecule has 0 aromatic heterocycles. The fraction of sp³-hybridized carbons (Fsp3) is 0.385. The molecule has 3 N–H and O–H groups in total. The predicted molar refractivity (Wildman–Crippen MR) is 81.3 cm³/mol. The van der Waals surface area contributed by atoms with Gasteiger partial charge in [-0.1, -0.05) is 15.9 Å². The Morgan fingerprint density at radius 2 is 2.00 bits per heavy atom. The second kappa shape index (κ2) is 7.25. The smallest absolute Gasteiger partial charge is 0.335 e. The first-order valence-electron chi connectivity index (χ1n) is 6.04. The van der Waals surface area contributed by atoms with Crippen molar-refractivity contribution in [3.63, 3.8) is 0 Å². The van der Waals surface area contributed by atoms with Gasteiger partial charge in [-0.25, -0.2) is 9.59 Å². The molecule has 0 aliphatic carbocycles. The van der Waals surface area contributed by atoms with Gasteiger partial charge < -0.3 is 20.6 Å². The van der Waals surface area contributed by atoms with E-state index >= 15 is 0 Å². The lowest BCUT2D eigenvalue weighted by Crippen LogP contribution is -2.41. The Kier molecular flexibility index (Phi) is 5.97. The van der Waals surface area contributed by atoms with E-state index in [9.17, 15) is 9.59 Å². The molecule has 0 heterocycles. The number of carboxylic acid groups (broad SMARTS) is 1. The van der Waals surface area contributed by atoms with Crippen LogP contribution >= 0.6 is 15.9 Å². The van der Waals surface area contributed by atoms with Crippen LogP contribution in [0.4, 0.5) is 10.5 Å². The van der Waals surface area contributed by atoms with E-state index in [1.165, 1.54) is 12.1 Å². The fourth-order valence-electron chi connectivity index (χ4n) is 1.77. The van der Waals surface area contributed by atoms with E-state index in [1.54, 1.807) is 6.07 Å². The molecule has 0 fully saturated rings. The van der Waals surface area contributed by atoms with Crippen LogP contribution in [-0.4, -0.2) is 48.7 Å². The van der Waals surface area contributed by atoms with Crippen molar-refractivity contribution >= 4 is 33.6 Å². The van der Waals surface area contributed by atoms with Crippen molar-refractivity contribution < 1.29 is 14.7 Å². The second-order valence-electron chi connectivity index (χ2n) is 4.80. The molecule has 0 aliphatic rings. The SMILES string of the molecule is CC(CN(C)C)NC(=O)Nc1cc(Br)cc(C(=O)O)c1. The lowest BCUT2D eigenvalue weighted by atomic mass is 10.2. The summed E-state index contributed by atoms with van der Waals surface area (Å²) in [5.74, 6) is -1.05. The molecule has 7 heteroatoms. The van der Waals surface area contributed by atoms with Gasteiger partial charge in [-0.15, -0.1) is 0 Å². The number of aromatic carboxylic acids is 1. The summed E-state index contributed by atoms with van der Waals surface area (Å²) in [5, 5.41) is 14.4. The quantitative estimate of drug-likeness (QED) is 0.765. The predicted octanol–water partition coefficient (Wildman–Crippen LogP) is 2.22. The van der Waals surface area contributed by atoms with Gasteiger partial charge in [0.05, 0.1) is 5.56 Å². The van der Waals surface area contributed by atoms with Crippen LogP contribution in [0, 0.1) is 0 Å². The fourth-order valence-corrected chi connectivity index (χ4v) is 2.26. The van der Waals surface area contributed by atoms with Gasteiger partial charge in [0, 0.05) is 22.7 Å². The molecule has 0 saturated heterocycles. The molecule has 0 bridgehead atoms. The molecule has 1 atom stereocenters. The Morgan fingerprint density at radius 1 is 1.35 bits per heavy atom. The Balaban J connectivity index is 2.68. The minimum absolute atomic E-state index is 0.0175. The third-order valence-corrected chi connectivity index (χ3v) is 2.88. The first-order valence-corrected chi connectivity index (χ1v) is 6.83. The number of urea groups is 1. The summed E-state index contributed by atoms with van der Waals surface area (Å²) in [6.45, 7) is 2.61. The third kappa shape index (κ3) is 5.58. The van der Waals surface area contributed by atoms with E-state index < -0.39 is 5.97 Å². The number of carbonyl (C=O) groups is 2. The zero-order valence-electron chi connectivity index (χ0n) is 11.6. The van der Waals surface area contributed by atoms with Crippen molar-refractivity contribution in [1.29, 1.82) is 0 Å². The molecule has 1 rings (SSSR count). The van der Waals surface area contributed by atoms with Crippen LogP contribution < -0.4 is 10.6 Å². The van der Waals surface area contributed by atoms with Crippen molar-refractivity contribution in [3.8, 4) is 0 Å². The summed E-state index contributed by atoms with van der Waals surface area (Å²) in [7, 11) is 3.84. The van der Waals surface area contributed by atoms with E-state index in [0.29, 0.717) is 16.7 Å². The molecule has 2 amide bonds. The number of carboxylic acids is 1. The zero-order valence-corrected chi connectivity index (χ0v) is 13.2. The Labute approximate surface area is 126 Å². The molecule has 110 valence electrons. The van der Waals surface area contributed by atoms with Gasteiger partial charge in [-0.3, -0.25) is 0 Å². The van der Waals surface area contributed by atoms with Gasteiger partial charge in [0.2, 0.25) is 0 Å².